The van der Waals surface area contributed by atoms with Gasteiger partial charge in [0.05, 0.1) is 33.3 Å². The van der Waals surface area contributed by atoms with Crippen LogP contribution in [0.15, 0.2) is 6.33 Å². The number of hydrogen-bond acceptors (Lipinski definition) is 14. The lowest BCUT2D eigenvalue weighted by Crippen LogP contribution is -2.46. The molecule has 0 saturated carbocycles. The van der Waals surface area contributed by atoms with E-state index in [1.165, 1.54) is 24.9 Å². The van der Waals surface area contributed by atoms with Crippen molar-refractivity contribution >= 4 is 36.7 Å². The van der Waals surface area contributed by atoms with Crippen molar-refractivity contribution in [1.82, 2.24) is 29.7 Å². The molecular weight excluding hydrogens is 577 g/mol. The monoisotopic (exact) mass is 617 g/mol. The molecule has 1 aliphatic heterocycles. The van der Waals surface area contributed by atoms with E-state index in [-0.39, 0.29) is 49.0 Å². The summed E-state index contributed by atoms with van der Waals surface area (Å²) in [6.45, 7) is 7.62. The Hall–Kier alpha value is -2.92. The summed E-state index contributed by atoms with van der Waals surface area (Å²) in [7, 11) is -2.84. The van der Waals surface area contributed by atoms with Gasteiger partial charge >= 0.3 is 19.6 Å². The summed E-state index contributed by atoms with van der Waals surface area (Å²) in [5, 5.41) is 27.6. The summed E-state index contributed by atoms with van der Waals surface area (Å²) < 4.78 is 42.5. The van der Waals surface area contributed by atoms with Crippen LogP contribution in [0.25, 0.3) is 11.2 Å². The van der Waals surface area contributed by atoms with Crippen LogP contribution in [0.2, 0.25) is 0 Å². The number of nitrogens with two attached hydrogens (primary N) is 1. The molecule has 42 heavy (non-hydrogen) atoms. The van der Waals surface area contributed by atoms with E-state index in [1.807, 2.05) is 0 Å². The van der Waals surface area contributed by atoms with E-state index in [2.05, 4.69) is 25.1 Å². The number of aliphatic hydroxyl groups is 2. The molecule has 4 unspecified atom stereocenters. The number of rotatable bonds is 15. The number of imidazole rings is 1. The number of ether oxygens (including phenoxy) is 4. The van der Waals surface area contributed by atoms with E-state index < -0.39 is 62.3 Å². The highest BCUT2D eigenvalue weighted by Crippen LogP contribution is 2.44. The Morgan fingerprint density at radius 3 is 2.21 bits per heavy atom. The lowest BCUT2D eigenvalue weighted by atomic mass is 9.96. The van der Waals surface area contributed by atoms with Gasteiger partial charge in [-0.05, 0) is 33.6 Å². The van der Waals surface area contributed by atoms with Crippen molar-refractivity contribution in [3.05, 3.63) is 6.33 Å². The van der Waals surface area contributed by atoms with Crippen molar-refractivity contribution in [3.63, 3.8) is 0 Å². The third kappa shape index (κ3) is 7.16. The topological polar surface area (TPSA) is 232 Å². The molecule has 0 spiro atoms. The molecule has 2 aromatic rings. The Morgan fingerprint density at radius 2 is 1.71 bits per heavy atom. The van der Waals surface area contributed by atoms with Gasteiger partial charge in [-0.25, -0.2) is 15.2 Å². The van der Waals surface area contributed by atoms with Crippen molar-refractivity contribution in [2.45, 2.75) is 83.6 Å². The number of hydrogen-bond donors (Lipinski definition) is 5. The second kappa shape index (κ2) is 14.0. The van der Waals surface area contributed by atoms with Gasteiger partial charge in [-0.2, -0.15) is 9.97 Å². The lowest BCUT2D eigenvalue weighted by Gasteiger charge is -2.29. The van der Waals surface area contributed by atoms with Gasteiger partial charge in [0, 0.05) is 0 Å². The molecule has 0 amide bonds. The maximum Gasteiger partial charge on any atom is 0.342 e. The fraction of sp³-hybridized carbons (Fsp3) is 0.708. The van der Waals surface area contributed by atoms with E-state index in [0.717, 1.165) is 0 Å². The van der Waals surface area contributed by atoms with Crippen LogP contribution >= 0.6 is 7.67 Å². The largest absolute Gasteiger partial charge is 0.479 e. The molecule has 0 radical (unpaired) electrons. The summed E-state index contributed by atoms with van der Waals surface area (Å²) in [6, 6.07) is -2.10. The van der Waals surface area contributed by atoms with Crippen molar-refractivity contribution in [3.8, 4) is 5.88 Å². The van der Waals surface area contributed by atoms with Gasteiger partial charge < -0.3 is 39.4 Å². The smallest absolute Gasteiger partial charge is 0.342 e. The molecule has 1 fully saturated rings. The molecule has 3 heterocycles. The number of nitrogens with zero attached hydrogens (tertiary/aromatic N) is 4. The fourth-order valence-electron chi connectivity index (χ4n) is 4.41. The van der Waals surface area contributed by atoms with Gasteiger partial charge in [0.2, 0.25) is 11.8 Å². The van der Waals surface area contributed by atoms with Crippen LogP contribution in [0.5, 0.6) is 5.88 Å². The highest BCUT2D eigenvalue weighted by molar-refractivity contribution is 7.54. The number of fused-ring (bicyclic) bond motifs is 1. The first-order chi connectivity index (χ1) is 19.8. The minimum atomic E-state index is -4.22. The standard InChI is InChI=1S/C24H40N7O10P/c1-7-13(20(33)38-9-3)29-42(36,30-14(8-2)21(34)39-10-4)40-11-15-17(32)24(5,35)22(41-15)31-12-26-16-18(31)27-23(25)28-19(16)37-6/h12-15,17,22,32,35H,7-11H2,1-6H3,(H2,25,27,28)(H2,29,30,36)/t13-,14+,15-,17?,22?,24?,42?/m1/s1. The first-order valence-corrected chi connectivity index (χ1v) is 15.2. The summed E-state index contributed by atoms with van der Waals surface area (Å²) in [4.78, 5) is 37.3. The van der Waals surface area contributed by atoms with Crippen molar-refractivity contribution in [2.24, 2.45) is 0 Å². The fourth-order valence-corrected chi connectivity index (χ4v) is 6.38. The second-order valence-electron chi connectivity index (χ2n) is 9.64. The molecule has 2 aromatic heterocycles. The summed E-state index contributed by atoms with van der Waals surface area (Å²) in [5.41, 5.74) is 4.31. The molecular formula is C24H40N7O10P. The van der Waals surface area contributed by atoms with Crippen molar-refractivity contribution in [1.29, 1.82) is 0 Å². The number of carbonyl (C=O) groups is 2. The van der Waals surface area contributed by atoms with Gasteiger partial charge in [0.1, 0.15) is 29.9 Å². The van der Waals surface area contributed by atoms with Crippen LogP contribution in [0.1, 0.15) is 53.7 Å². The van der Waals surface area contributed by atoms with E-state index in [0.29, 0.717) is 0 Å². The zero-order chi connectivity index (χ0) is 31.2. The van der Waals surface area contributed by atoms with Crippen LogP contribution in [0.3, 0.4) is 0 Å². The molecule has 236 valence electrons. The molecule has 7 atom stereocenters. The molecule has 0 aromatic carbocycles. The summed E-state index contributed by atoms with van der Waals surface area (Å²) in [6.07, 6.45) is -2.33. The van der Waals surface area contributed by atoms with Gasteiger partial charge in [-0.3, -0.25) is 18.7 Å². The molecule has 1 saturated heterocycles. The number of methoxy groups -OCH3 is 1. The SMILES string of the molecule is CCOC(=O)[C@H](CC)NP(=O)(N[C@H](CC)C(=O)OCC)OC[C@H]1OC(n2cnc3c(OC)nc(N)nc32)C(C)(O)C1O. The molecule has 0 bridgehead atoms. The predicted octanol–water partition coefficient (Wildman–Crippen LogP) is 0.414. The number of anilines is 1. The highest BCUT2D eigenvalue weighted by atomic mass is 31.2. The van der Waals surface area contributed by atoms with Crippen LogP contribution in [-0.2, 0) is 32.9 Å². The highest BCUT2D eigenvalue weighted by Gasteiger charge is 2.54. The summed E-state index contributed by atoms with van der Waals surface area (Å²) in [5.74, 6) is -1.35. The predicted molar refractivity (Wildman–Crippen MR) is 148 cm³/mol. The maximum atomic E-state index is 14.1. The van der Waals surface area contributed by atoms with Gasteiger partial charge in [0.25, 0.3) is 0 Å². The Kier molecular flexibility index (Phi) is 11.2. The van der Waals surface area contributed by atoms with Crippen LogP contribution in [-0.4, -0.2) is 98.5 Å². The number of nitrogen functional groups attached to an aromatic ring is 1. The normalized spacial score (nSPS) is 25.1. The Labute approximate surface area is 243 Å². The third-order valence-electron chi connectivity index (χ3n) is 6.64. The van der Waals surface area contributed by atoms with Gasteiger partial charge in [0.15, 0.2) is 17.4 Å². The minimum absolute atomic E-state index is 0.0972. The molecule has 0 aliphatic carbocycles. The average molecular weight is 618 g/mol. The van der Waals surface area contributed by atoms with Crippen LogP contribution in [0.4, 0.5) is 5.95 Å². The van der Waals surface area contributed by atoms with Gasteiger partial charge in [-0.1, -0.05) is 13.8 Å². The molecule has 6 N–H and O–H groups in total. The summed E-state index contributed by atoms with van der Waals surface area (Å²) >= 11 is 0. The minimum Gasteiger partial charge on any atom is -0.479 e. The Balaban J connectivity index is 1.88. The van der Waals surface area contributed by atoms with Crippen molar-refractivity contribution in [2.75, 3.05) is 32.7 Å². The van der Waals surface area contributed by atoms with E-state index in [9.17, 15) is 24.4 Å². The average Bonchev–Trinajstić information content (AvgIpc) is 3.46. The maximum absolute atomic E-state index is 14.1. The van der Waals surface area contributed by atoms with E-state index >= 15 is 0 Å². The number of aliphatic hydroxyl groups excluding tert-OH is 1. The Bertz CT molecular complexity index is 1260. The molecule has 1 aliphatic rings. The van der Waals surface area contributed by atoms with Crippen LogP contribution < -0.4 is 20.6 Å². The third-order valence-corrected chi connectivity index (χ3v) is 8.45. The van der Waals surface area contributed by atoms with E-state index in [4.69, 9.17) is 29.2 Å². The number of aromatic nitrogens is 4. The molecule has 17 nitrogen and oxygen atoms in total. The van der Waals surface area contributed by atoms with Crippen LogP contribution in [0, 0.1) is 0 Å². The number of carbonyl (C=O) groups excluding carboxylic acids is 2. The van der Waals surface area contributed by atoms with Gasteiger partial charge in [-0.15, -0.1) is 0 Å². The molecule has 3 rings (SSSR count). The quantitative estimate of drug-likeness (QED) is 0.135. The van der Waals surface area contributed by atoms with Crippen molar-refractivity contribution < 1.29 is 47.8 Å². The second-order valence-corrected chi connectivity index (χ2v) is 11.5. The zero-order valence-corrected chi connectivity index (χ0v) is 25.4. The van der Waals surface area contributed by atoms with E-state index in [1.54, 1.807) is 27.7 Å². The lowest BCUT2D eigenvalue weighted by molar-refractivity contribution is -0.145. The first kappa shape index (κ1) is 33.6. The Morgan fingerprint density at radius 1 is 1.14 bits per heavy atom. The first-order valence-electron chi connectivity index (χ1n) is 13.6. The molecule has 18 heteroatoms. The number of nitrogens with one attached hydrogen (secondary N) is 2. The zero-order valence-electron chi connectivity index (χ0n) is 24.5. The number of esters is 2.